The highest BCUT2D eigenvalue weighted by molar-refractivity contribution is 7.91. The summed E-state index contributed by atoms with van der Waals surface area (Å²) in [4.78, 5) is 13.0. The van der Waals surface area contributed by atoms with Crippen LogP contribution in [0.15, 0.2) is 35.4 Å². The van der Waals surface area contributed by atoms with Crippen molar-refractivity contribution in [3.8, 4) is 15.6 Å². The fraction of sp³-hybridized carbons (Fsp3) is 0.481. The summed E-state index contributed by atoms with van der Waals surface area (Å²) in [5.74, 6) is 0.263. The normalized spacial score (nSPS) is 21.4. The molecular formula is C27H30F3N5O3S2. The van der Waals surface area contributed by atoms with Gasteiger partial charge in [-0.1, -0.05) is 11.3 Å². The minimum atomic E-state index is -4.73. The Balaban J connectivity index is 1.36. The molecule has 1 atom stereocenters. The van der Waals surface area contributed by atoms with Crippen molar-refractivity contribution in [3.63, 3.8) is 0 Å². The van der Waals surface area contributed by atoms with Crippen LogP contribution in [0.2, 0.25) is 0 Å². The van der Waals surface area contributed by atoms with Crippen LogP contribution < -0.4 is 15.0 Å². The first-order chi connectivity index (χ1) is 19.0. The molecule has 1 aliphatic carbocycles. The Morgan fingerprint density at radius 1 is 1.18 bits per heavy atom. The van der Waals surface area contributed by atoms with Gasteiger partial charge in [0.25, 0.3) is 0 Å². The summed E-state index contributed by atoms with van der Waals surface area (Å²) in [5.41, 5.74) is 1.57. The van der Waals surface area contributed by atoms with E-state index in [9.17, 15) is 21.6 Å². The van der Waals surface area contributed by atoms with Crippen LogP contribution in [0.25, 0.3) is 10.6 Å². The van der Waals surface area contributed by atoms with E-state index in [1.165, 1.54) is 6.07 Å². The lowest BCUT2D eigenvalue weighted by Gasteiger charge is -2.40. The summed E-state index contributed by atoms with van der Waals surface area (Å²) in [6.07, 6.45) is -1.56. The van der Waals surface area contributed by atoms with E-state index in [-0.39, 0.29) is 38.8 Å². The van der Waals surface area contributed by atoms with Crippen LogP contribution in [0.3, 0.4) is 0 Å². The van der Waals surface area contributed by atoms with E-state index in [2.05, 4.69) is 45.1 Å². The van der Waals surface area contributed by atoms with E-state index < -0.39 is 21.6 Å². The summed E-state index contributed by atoms with van der Waals surface area (Å²) in [6.45, 7) is 5.26. The lowest BCUT2D eigenvalue weighted by molar-refractivity contribution is -0.137. The van der Waals surface area contributed by atoms with Crippen LogP contribution >= 0.6 is 11.3 Å². The third kappa shape index (κ3) is 5.38. The molecule has 0 bridgehead atoms. The number of hydrogen-bond acceptors (Lipinski definition) is 9. The second-order valence-electron chi connectivity index (χ2n) is 10.7. The molecular weight excluding hydrogens is 563 g/mol. The molecule has 2 aromatic heterocycles. The van der Waals surface area contributed by atoms with Gasteiger partial charge in [-0.15, -0.1) is 0 Å². The maximum Gasteiger partial charge on any atom is 0.420 e. The fourth-order valence-electron chi connectivity index (χ4n) is 5.37. The Bertz CT molecular complexity index is 1540. The lowest BCUT2D eigenvalue weighted by Crippen LogP contribution is -2.50. The van der Waals surface area contributed by atoms with Crippen molar-refractivity contribution in [1.82, 2.24) is 14.9 Å². The third-order valence-electron chi connectivity index (χ3n) is 7.58. The van der Waals surface area contributed by atoms with Crippen molar-refractivity contribution in [2.75, 3.05) is 49.3 Å². The smallest absolute Gasteiger partial charge is 0.420 e. The maximum absolute atomic E-state index is 14.0. The molecule has 0 spiro atoms. The van der Waals surface area contributed by atoms with Gasteiger partial charge in [-0.25, -0.2) is 18.4 Å². The van der Waals surface area contributed by atoms with E-state index >= 15 is 0 Å². The number of benzene rings is 1. The molecule has 6 rings (SSSR count). The molecule has 8 nitrogen and oxygen atoms in total. The number of alkyl halides is 3. The molecule has 1 saturated heterocycles. The molecule has 0 radical (unpaired) electrons. The van der Waals surface area contributed by atoms with Gasteiger partial charge < -0.3 is 19.9 Å². The lowest BCUT2D eigenvalue weighted by atomic mass is 10.0. The van der Waals surface area contributed by atoms with E-state index in [1.54, 1.807) is 0 Å². The molecule has 2 fully saturated rings. The molecule has 1 aromatic carbocycles. The standard InChI is InChI=1S/C27H30F3N5O3S2/c1-16-15-34(2)8-9-35(16)18-6-7-21(19(12-18)17-4-5-17)32-26-31-14-20(27(28,29)30)24(33-26)22-13-23-25(39-22)38-10-3-11-40(23,36)37/h6-7,12-14,16-17H,3-5,8-11,15H2,1-2H3,(H,31,32,33). The van der Waals surface area contributed by atoms with Crippen molar-refractivity contribution in [3.05, 3.63) is 41.6 Å². The molecule has 1 unspecified atom stereocenters. The number of ether oxygens (including phenoxy) is 1. The van der Waals surface area contributed by atoms with Crippen LogP contribution in [-0.4, -0.2) is 68.4 Å². The summed E-state index contributed by atoms with van der Waals surface area (Å²) >= 11 is 0.857. The van der Waals surface area contributed by atoms with Crippen molar-refractivity contribution in [1.29, 1.82) is 0 Å². The number of nitrogens with zero attached hydrogens (tertiary/aromatic N) is 4. The molecule has 0 amide bonds. The summed E-state index contributed by atoms with van der Waals surface area (Å²) < 4.78 is 72.9. The first kappa shape index (κ1) is 27.3. The van der Waals surface area contributed by atoms with Crippen LogP contribution in [0.5, 0.6) is 5.06 Å². The zero-order valence-corrected chi connectivity index (χ0v) is 23.8. The number of likely N-dealkylation sites (N-methyl/N-ethyl adjacent to an activating group) is 1. The maximum atomic E-state index is 14.0. The minimum Gasteiger partial charge on any atom is -0.483 e. The average Bonchev–Trinajstić information content (AvgIpc) is 3.66. The molecule has 2 aliphatic heterocycles. The zero-order chi connectivity index (χ0) is 28.2. The number of thiophene rings is 1. The number of halogens is 3. The third-order valence-corrected chi connectivity index (χ3v) is 10.6. The molecule has 3 aromatic rings. The Kier molecular flexibility index (Phi) is 6.94. The van der Waals surface area contributed by atoms with E-state index in [4.69, 9.17) is 4.74 Å². The van der Waals surface area contributed by atoms with Gasteiger partial charge >= 0.3 is 6.18 Å². The number of nitrogens with one attached hydrogen (secondary N) is 1. The van der Waals surface area contributed by atoms with Gasteiger partial charge in [0, 0.05) is 43.2 Å². The molecule has 3 aliphatic rings. The summed E-state index contributed by atoms with van der Waals surface area (Å²) in [5, 5.41) is 3.25. The van der Waals surface area contributed by atoms with Crippen molar-refractivity contribution in [2.45, 2.75) is 49.2 Å². The van der Waals surface area contributed by atoms with Crippen LogP contribution in [0, 0.1) is 0 Å². The van der Waals surface area contributed by atoms with Crippen LogP contribution in [0.4, 0.5) is 30.5 Å². The van der Waals surface area contributed by atoms with Gasteiger partial charge in [-0.3, -0.25) is 0 Å². The number of anilines is 3. The SMILES string of the molecule is CC1CN(C)CCN1c1ccc(Nc2ncc(C(F)(F)F)c(-c3cc4c(s3)OCCCS4(=O)=O)n2)c(C2CC2)c1. The first-order valence-electron chi connectivity index (χ1n) is 13.3. The highest BCUT2D eigenvalue weighted by Crippen LogP contribution is 2.47. The number of sulfone groups is 1. The Morgan fingerprint density at radius 3 is 2.70 bits per heavy atom. The second-order valence-corrected chi connectivity index (χ2v) is 13.8. The molecule has 40 heavy (non-hydrogen) atoms. The first-order valence-corrected chi connectivity index (χ1v) is 15.8. The van der Waals surface area contributed by atoms with E-state index in [0.29, 0.717) is 18.4 Å². The van der Waals surface area contributed by atoms with Crippen molar-refractivity contribution in [2.24, 2.45) is 0 Å². The Labute approximate surface area is 235 Å². The van der Waals surface area contributed by atoms with Gasteiger partial charge in [0.2, 0.25) is 5.95 Å². The predicted molar refractivity (Wildman–Crippen MR) is 149 cm³/mol. The van der Waals surface area contributed by atoms with E-state index in [0.717, 1.165) is 66.9 Å². The molecule has 13 heteroatoms. The van der Waals surface area contributed by atoms with Gasteiger partial charge in [-0.2, -0.15) is 13.2 Å². The summed E-state index contributed by atoms with van der Waals surface area (Å²) in [7, 11) is -1.54. The van der Waals surface area contributed by atoms with E-state index in [1.807, 2.05) is 12.1 Å². The van der Waals surface area contributed by atoms with Gasteiger partial charge in [0.1, 0.15) is 10.5 Å². The number of rotatable bonds is 5. The van der Waals surface area contributed by atoms with Gasteiger partial charge in [0.05, 0.1) is 22.9 Å². The average molecular weight is 594 g/mol. The molecule has 4 heterocycles. The minimum absolute atomic E-state index is 0.0120. The van der Waals surface area contributed by atoms with Crippen molar-refractivity contribution >= 4 is 38.5 Å². The van der Waals surface area contributed by atoms with Crippen molar-refractivity contribution < 1.29 is 26.3 Å². The number of piperazine rings is 1. The molecule has 214 valence electrons. The Morgan fingerprint density at radius 2 is 1.98 bits per heavy atom. The topological polar surface area (TPSA) is 87.7 Å². The largest absolute Gasteiger partial charge is 0.483 e. The fourth-order valence-corrected chi connectivity index (χ4v) is 8.21. The predicted octanol–water partition coefficient (Wildman–Crippen LogP) is 5.54. The van der Waals surface area contributed by atoms with Gasteiger partial charge in [-0.05, 0) is 69.0 Å². The quantitative estimate of drug-likeness (QED) is 0.413. The number of fused-ring (bicyclic) bond motifs is 1. The molecule has 1 saturated carbocycles. The Hall–Kier alpha value is -2.90. The van der Waals surface area contributed by atoms with Crippen LogP contribution in [0.1, 0.15) is 43.2 Å². The summed E-state index contributed by atoms with van der Waals surface area (Å²) in [6, 6.07) is 7.75. The highest BCUT2D eigenvalue weighted by Gasteiger charge is 2.37. The van der Waals surface area contributed by atoms with Gasteiger partial charge in [0.15, 0.2) is 14.9 Å². The highest BCUT2D eigenvalue weighted by atomic mass is 32.2. The molecule has 1 N–H and O–H groups in total. The monoisotopic (exact) mass is 593 g/mol. The second kappa shape index (κ2) is 10.2. The number of aromatic nitrogens is 2. The van der Waals surface area contributed by atoms with Crippen LogP contribution in [-0.2, 0) is 16.0 Å². The number of hydrogen-bond donors (Lipinski definition) is 1. The zero-order valence-electron chi connectivity index (χ0n) is 22.2.